The van der Waals surface area contributed by atoms with Gasteiger partial charge in [-0.2, -0.15) is 5.10 Å². The predicted molar refractivity (Wildman–Crippen MR) is 71.0 cm³/mol. The fraction of sp³-hybridized carbons (Fsp3) is 0.0833. The first-order valence-electron chi connectivity index (χ1n) is 5.28. The Morgan fingerprint density at radius 3 is 2.61 bits per heavy atom. The average molecular weight is 279 g/mol. The molecule has 0 fully saturated rings. The van der Waals surface area contributed by atoms with Crippen molar-refractivity contribution in [2.75, 3.05) is 0 Å². The highest BCUT2D eigenvalue weighted by Gasteiger charge is 2.15. The average Bonchev–Trinajstić information content (AvgIpc) is 2.67. The number of aromatic nitrogens is 4. The van der Waals surface area contributed by atoms with Crippen molar-refractivity contribution in [3.05, 3.63) is 46.6 Å². The molecule has 18 heavy (non-hydrogen) atoms. The van der Waals surface area contributed by atoms with Crippen LogP contribution >= 0.6 is 23.2 Å². The van der Waals surface area contributed by atoms with E-state index in [9.17, 15) is 0 Å². The summed E-state index contributed by atoms with van der Waals surface area (Å²) >= 11 is 12.0. The largest absolute Gasteiger partial charge is 0.265 e. The zero-order valence-electron chi connectivity index (χ0n) is 9.43. The molecule has 0 aliphatic carbocycles. The lowest BCUT2D eigenvalue weighted by molar-refractivity contribution is 0.918. The van der Waals surface area contributed by atoms with Crippen molar-refractivity contribution in [1.29, 1.82) is 0 Å². The van der Waals surface area contributed by atoms with Crippen LogP contribution in [0.1, 0.15) is 5.69 Å². The van der Waals surface area contributed by atoms with Crippen LogP contribution in [0, 0.1) is 6.92 Å². The Balaban J connectivity index is 2.39. The van der Waals surface area contributed by atoms with Gasteiger partial charge < -0.3 is 0 Å². The first kappa shape index (κ1) is 11.4. The maximum atomic E-state index is 6.10. The Morgan fingerprint density at radius 2 is 1.89 bits per heavy atom. The molecule has 0 saturated carbocycles. The number of halogens is 2. The first-order valence-corrected chi connectivity index (χ1v) is 6.04. The van der Waals surface area contributed by atoms with Crippen molar-refractivity contribution >= 4 is 28.8 Å². The highest BCUT2D eigenvalue weighted by Crippen LogP contribution is 2.29. The molecule has 0 bridgehead atoms. The summed E-state index contributed by atoms with van der Waals surface area (Å²) in [6, 6.07) is 5.37. The number of hydrogen-bond donors (Lipinski definition) is 0. The fourth-order valence-corrected chi connectivity index (χ4v) is 2.38. The van der Waals surface area contributed by atoms with Crippen molar-refractivity contribution in [3.8, 4) is 11.1 Å². The maximum Gasteiger partial charge on any atom is 0.166 e. The van der Waals surface area contributed by atoms with E-state index in [1.807, 2.05) is 19.1 Å². The summed E-state index contributed by atoms with van der Waals surface area (Å²) in [6.45, 7) is 1.91. The molecule has 0 amide bonds. The molecule has 0 radical (unpaired) electrons. The molecule has 0 unspecified atom stereocenters. The Labute approximate surface area is 113 Å². The molecular formula is C12H8Cl2N4. The van der Waals surface area contributed by atoms with Crippen molar-refractivity contribution in [1.82, 2.24) is 19.6 Å². The number of aryl methyl sites for hydroxylation is 1. The van der Waals surface area contributed by atoms with Crippen LogP contribution in [-0.2, 0) is 0 Å². The van der Waals surface area contributed by atoms with Crippen LogP contribution in [-0.4, -0.2) is 19.6 Å². The van der Waals surface area contributed by atoms with E-state index in [2.05, 4.69) is 15.1 Å². The SMILES string of the molecule is Cc1nn2c(Cl)cc(Cl)nc2c1-c1ccncc1. The van der Waals surface area contributed by atoms with E-state index in [4.69, 9.17) is 23.2 Å². The summed E-state index contributed by atoms with van der Waals surface area (Å²) in [5.74, 6) is 0. The van der Waals surface area contributed by atoms with Gasteiger partial charge in [-0.25, -0.2) is 9.50 Å². The number of hydrogen-bond acceptors (Lipinski definition) is 3. The van der Waals surface area contributed by atoms with Crippen LogP contribution in [0.15, 0.2) is 30.6 Å². The van der Waals surface area contributed by atoms with Gasteiger partial charge in [0.05, 0.1) is 5.69 Å². The zero-order valence-corrected chi connectivity index (χ0v) is 10.9. The van der Waals surface area contributed by atoms with E-state index in [0.717, 1.165) is 16.8 Å². The Kier molecular flexibility index (Phi) is 2.69. The highest BCUT2D eigenvalue weighted by atomic mass is 35.5. The van der Waals surface area contributed by atoms with Gasteiger partial charge in [-0.05, 0) is 24.6 Å². The van der Waals surface area contributed by atoms with Crippen molar-refractivity contribution < 1.29 is 0 Å². The molecule has 0 N–H and O–H groups in total. The molecule has 0 aromatic carbocycles. The van der Waals surface area contributed by atoms with Crippen LogP contribution in [0.2, 0.25) is 10.3 Å². The topological polar surface area (TPSA) is 43.1 Å². The summed E-state index contributed by atoms with van der Waals surface area (Å²) in [6.07, 6.45) is 3.45. The Hall–Kier alpha value is -1.65. The summed E-state index contributed by atoms with van der Waals surface area (Å²) in [4.78, 5) is 8.30. The van der Waals surface area contributed by atoms with Gasteiger partial charge in [0.2, 0.25) is 0 Å². The lowest BCUT2D eigenvalue weighted by atomic mass is 10.1. The van der Waals surface area contributed by atoms with Crippen molar-refractivity contribution in [2.45, 2.75) is 6.92 Å². The highest BCUT2D eigenvalue weighted by molar-refractivity contribution is 6.33. The minimum Gasteiger partial charge on any atom is -0.265 e. The monoisotopic (exact) mass is 278 g/mol. The fourth-order valence-electron chi connectivity index (χ4n) is 1.92. The number of rotatable bonds is 1. The summed E-state index contributed by atoms with van der Waals surface area (Å²) in [5.41, 5.74) is 3.40. The van der Waals surface area contributed by atoms with Gasteiger partial charge in [0, 0.05) is 24.0 Å². The van der Waals surface area contributed by atoms with Gasteiger partial charge in [-0.3, -0.25) is 4.98 Å². The minimum absolute atomic E-state index is 0.350. The molecule has 90 valence electrons. The van der Waals surface area contributed by atoms with Crippen LogP contribution in [0.25, 0.3) is 16.8 Å². The third-order valence-corrected chi connectivity index (χ3v) is 3.12. The van der Waals surface area contributed by atoms with Crippen molar-refractivity contribution in [3.63, 3.8) is 0 Å². The molecule has 0 aliphatic rings. The smallest absolute Gasteiger partial charge is 0.166 e. The zero-order chi connectivity index (χ0) is 12.7. The standard InChI is InChI=1S/C12H8Cl2N4/c1-7-11(8-2-4-15-5-3-8)12-16-9(13)6-10(14)18(12)17-7/h2-6H,1H3. The lowest BCUT2D eigenvalue weighted by Crippen LogP contribution is -1.92. The molecule has 0 saturated heterocycles. The normalized spacial score (nSPS) is 11.1. The van der Waals surface area contributed by atoms with E-state index >= 15 is 0 Å². The third kappa shape index (κ3) is 1.74. The number of nitrogens with zero attached hydrogens (tertiary/aromatic N) is 4. The van der Waals surface area contributed by atoms with E-state index in [0.29, 0.717) is 16.0 Å². The van der Waals surface area contributed by atoms with Crippen LogP contribution in [0.3, 0.4) is 0 Å². The molecule has 6 heteroatoms. The molecule has 0 aliphatic heterocycles. The second-order valence-electron chi connectivity index (χ2n) is 3.83. The number of pyridine rings is 1. The van der Waals surface area contributed by atoms with Gasteiger partial charge >= 0.3 is 0 Å². The summed E-state index contributed by atoms with van der Waals surface area (Å²) in [5, 5.41) is 5.16. The van der Waals surface area contributed by atoms with Gasteiger partial charge in [0.15, 0.2) is 5.65 Å². The second kappa shape index (κ2) is 4.23. The third-order valence-electron chi connectivity index (χ3n) is 2.66. The Morgan fingerprint density at radius 1 is 1.17 bits per heavy atom. The van der Waals surface area contributed by atoms with E-state index < -0.39 is 0 Å². The number of fused-ring (bicyclic) bond motifs is 1. The maximum absolute atomic E-state index is 6.10. The first-order chi connectivity index (χ1) is 8.66. The van der Waals surface area contributed by atoms with Gasteiger partial charge in [0.1, 0.15) is 10.3 Å². The van der Waals surface area contributed by atoms with E-state index in [1.165, 1.54) is 0 Å². The van der Waals surface area contributed by atoms with E-state index in [-0.39, 0.29) is 0 Å². The lowest BCUT2D eigenvalue weighted by Gasteiger charge is -2.00. The Bertz CT molecular complexity index is 722. The molecule has 0 atom stereocenters. The second-order valence-corrected chi connectivity index (χ2v) is 4.61. The van der Waals surface area contributed by atoms with Crippen molar-refractivity contribution in [2.24, 2.45) is 0 Å². The summed E-state index contributed by atoms with van der Waals surface area (Å²) < 4.78 is 1.58. The summed E-state index contributed by atoms with van der Waals surface area (Å²) in [7, 11) is 0. The molecule has 3 aromatic heterocycles. The molecular weight excluding hydrogens is 271 g/mol. The quantitative estimate of drug-likeness (QED) is 0.641. The molecule has 0 spiro atoms. The minimum atomic E-state index is 0.350. The molecule has 4 nitrogen and oxygen atoms in total. The van der Waals surface area contributed by atoms with E-state index in [1.54, 1.807) is 23.0 Å². The molecule has 3 heterocycles. The predicted octanol–water partition coefficient (Wildman–Crippen LogP) is 3.41. The van der Waals surface area contributed by atoms with Gasteiger partial charge in [-0.15, -0.1) is 0 Å². The molecule has 3 aromatic rings. The van der Waals surface area contributed by atoms with Crippen LogP contribution in [0.5, 0.6) is 0 Å². The van der Waals surface area contributed by atoms with Crippen LogP contribution < -0.4 is 0 Å². The van der Waals surface area contributed by atoms with Gasteiger partial charge in [-0.1, -0.05) is 23.2 Å². The van der Waals surface area contributed by atoms with Crippen LogP contribution in [0.4, 0.5) is 0 Å². The molecule has 3 rings (SSSR count). The van der Waals surface area contributed by atoms with Gasteiger partial charge in [0.25, 0.3) is 0 Å².